The van der Waals surface area contributed by atoms with Crippen molar-refractivity contribution in [3.05, 3.63) is 47.0 Å². The maximum atomic E-state index is 11.1. The molecule has 0 aliphatic rings. The zero-order valence-electron chi connectivity index (χ0n) is 7.27. The number of nitrogens with one attached hydrogen (secondary N) is 1. The van der Waals surface area contributed by atoms with Crippen molar-refractivity contribution in [1.82, 2.24) is 14.6 Å². The highest BCUT2D eigenvalue weighted by molar-refractivity contribution is 5.92. The summed E-state index contributed by atoms with van der Waals surface area (Å²) in [6.45, 7) is 0. The molecule has 0 saturated heterocycles. The number of rotatable bonds is 0. The molecule has 4 nitrogen and oxygen atoms in total. The molecule has 68 valence electrons. The molecule has 0 radical (unpaired) electrons. The van der Waals surface area contributed by atoms with Crippen molar-refractivity contribution >= 4 is 16.4 Å². The summed E-state index contributed by atoms with van der Waals surface area (Å²) in [5.74, 6) is 0. The molecule has 0 bridgehead atoms. The minimum atomic E-state index is -0.108. The zero-order valence-corrected chi connectivity index (χ0v) is 7.27. The Hall–Kier alpha value is -2.10. The number of hydrogen-bond donors (Lipinski definition) is 1. The first-order valence-electron chi connectivity index (χ1n) is 4.30. The third-order valence-electron chi connectivity index (χ3n) is 2.25. The first-order chi connectivity index (χ1) is 6.84. The van der Waals surface area contributed by atoms with Crippen LogP contribution in [0.15, 0.2) is 41.5 Å². The smallest absolute Gasteiger partial charge is 0.265 e. The lowest BCUT2D eigenvalue weighted by molar-refractivity contribution is 0.914. The standard InChI is InChI=1S/C10H7N3O/c14-10-5-9-7-3-1-2-4-8(7)11-6-13(9)12-10/h1-6H,(H,12,14). The van der Waals surface area contributed by atoms with Crippen molar-refractivity contribution in [1.29, 1.82) is 0 Å². The fraction of sp³-hybridized carbons (Fsp3) is 0. The van der Waals surface area contributed by atoms with E-state index in [1.165, 1.54) is 0 Å². The Kier molecular flexibility index (Phi) is 1.28. The van der Waals surface area contributed by atoms with Crippen LogP contribution >= 0.6 is 0 Å². The van der Waals surface area contributed by atoms with Crippen LogP contribution in [0.5, 0.6) is 0 Å². The monoisotopic (exact) mass is 185 g/mol. The van der Waals surface area contributed by atoms with Gasteiger partial charge in [0, 0.05) is 11.5 Å². The Labute approximate surface area is 78.8 Å². The molecular weight excluding hydrogens is 178 g/mol. The van der Waals surface area contributed by atoms with Gasteiger partial charge in [0.1, 0.15) is 6.33 Å². The molecule has 4 heteroatoms. The van der Waals surface area contributed by atoms with E-state index in [2.05, 4.69) is 10.1 Å². The van der Waals surface area contributed by atoms with Gasteiger partial charge in [0.2, 0.25) is 0 Å². The lowest BCUT2D eigenvalue weighted by Crippen LogP contribution is -1.98. The van der Waals surface area contributed by atoms with Gasteiger partial charge in [0.05, 0.1) is 11.0 Å². The molecule has 3 aromatic rings. The van der Waals surface area contributed by atoms with Crippen molar-refractivity contribution in [3.8, 4) is 0 Å². The highest BCUT2D eigenvalue weighted by Crippen LogP contribution is 2.14. The molecule has 0 fully saturated rings. The van der Waals surface area contributed by atoms with Gasteiger partial charge in [-0.2, -0.15) is 0 Å². The normalized spacial score (nSPS) is 11.1. The van der Waals surface area contributed by atoms with E-state index >= 15 is 0 Å². The summed E-state index contributed by atoms with van der Waals surface area (Å²) in [6.07, 6.45) is 1.61. The highest BCUT2D eigenvalue weighted by atomic mass is 16.1. The van der Waals surface area contributed by atoms with Gasteiger partial charge in [-0.25, -0.2) is 9.50 Å². The predicted octanol–water partition coefficient (Wildman–Crippen LogP) is 1.18. The second-order valence-corrected chi connectivity index (χ2v) is 3.14. The van der Waals surface area contributed by atoms with Crippen LogP contribution in [0.25, 0.3) is 16.4 Å². The van der Waals surface area contributed by atoms with E-state index in [9.17, 15) is 4.79 Å². The Morgan fingerprint density at radius 1 is 1.29 bits per heavy atom. The summed E-state index contributed by atoms with van der Waals surface area (Å²) in [5.41, 5.74) is 1.65. The molecule has 2 heterocycles. The summed E-state index contributed by atoms with van der Waals surface area (Å²) in [4.78, 5) is 15.3. The minimum Gasteiger partial charge on any atom is -0.268 e. The van der Waals surface area contributed by atoms with E-state index in [1.807, 2.05) is 24.3 Å². The summed E-state index contributed by atoms with van der Waals surface area (Å²) < 4.78 is 1.63. The number of benzene rings is 1. The van der Waals surface area contributed by atoms with Gasteiger partial charge in [-0.1, -0.05) is 18.2 Å². The van der Waals surface area contributed by atoms with E-state index in [-0.39, 0.29) is 5.56 Å². The molecule has 0 saturated carbocycles. The summed E-state index contributed by atoms with van der Waals surface area (Å²) in [5, 5.41) is 3.63. The Morgan fingerprint density at radius 2 is 2.14 bits per heavy atom. The van der Waals surface area contributed by atoms with Gasteiger partial charge in [-0.05, 0) is 6.07 Å². The van der Waals surface area contributed by atoms with Crippen molar-refractivity contribution in [2.45, 2.75) is 0 Å². The molecule has 0 spiro atoms. The summed E-state index contributed by atoms with van der Waals surface area (Å²) in [6, 6.07) is 9.31. The van der Waals surface area contributed by atoms with Crippen LogP contribution in [-0.4, -0.2) is 14.6 Å². The van der Waals surface area contributed by atoms with E-state index in [0.717, 1.165) is 16.4 Å². The van der Waals surface area contributed by atoms with Gasteiger partial charge in [0.25, 0.3) is 5.56 Å². The van der Waals surface area contributed by atoms with Gasteiger partial charge in [-0.3, -0.25) is 9.89 Å². The van der Waals surface area contributed by atoms with Crippen molar-refractivity contribution in [2.75, 3.05) is 0 Å². The molecule has 1 N–H and O–H groups in total. The number of aromatic nitrogens is 3. The van der Waals surface area contributed by atoms with Crippen LogP contribution in [0.3, 0.4) is 0 Å². The zero-order chi connectivity index (χ0) is 9.54. The topological polar surface area (TPSA) is 50.2 Å². The van der Waals surface area contributed by atoms with Crippen LogP contribution in [0.4, 0.5) is 0 Å². The second-order valence-electron chi connectivity index (χ2n) is 3.14. The predicted molar refractivity (Wildman–Crippen MR) is 53.3 cm³/mol. The largest absolute Gasteiger partial charge is 0.268 e. The van der Waals surface area contributed by atoms with Gasteiger partial charge in [-0.15, -0.1) is 0 Å². The van der Waals surface area contributed by atoms with Gasteiger partial charge in [0.15, 0.2) is 0 Å². The molecule has 1 aromatic carbocycles. The van der Waals surface area contributed by atoms with E-state index in [4.69, 9.17) is 0 Å². The maximum Gasteiger partial charge on any atom is 0.265 e. The average Bonchev–Trinajstić information content (AvgIpc) is 2.59. The van der Waals surface area contributed by atoms with Crippen molar-refractivity contribution < 1.29 is 0 Å². The third kappa shape index (κ3) is 0.877. The fourth-order valence-corrected chi connectivity index (χ4v) is 1.63. The second kappa shape index (κ2) is 2.45. The van der Waals surface area contributed by atoms with Gasteiger partial charge >= 0.3 is 0 Å². The van der Waals surface area contributed by atoms with Crippen LogP contribution in [-0.2, 0) is 0 Å². The lowest BCUT2D eigenvalue weighted by atomic mass is 10.2. The number of para-hydroxylation sites is 1. The van der Waals surface area contributed by atoms with Crippen LogP contribution in [0.1, 0.15) is 0 Å². The Balaban J connectivity index is 2.66. The SMILES string of the molecule is O=c1cc2c3ccccc3ncn2[nH]1. The molecular formula is C10H7N3O. The van der Waals surface area contributed by atoms with E-state index < -0.39 is 0 Å². The molecule has 14 heavy (non-hydrogen) atoms. The highest BCUT2D eigenvalue weighted by Gasteiger charge is 2.01. The van der Waals surface area contributed by atoms with Crippen LogP contribution in [0, 0.1) is 0 Å². The Morgan fingerprint density at radius 3 is 3.07 bits per heavy atom. The molecule has 3 rings (SSSR count). The number of hydrogen-bond acceptors (Lipinski definition) is 2. The molecule has 2 aromatic heterocycles. The molecule has 0 unspecified atom stereocenters. The number of aromatic amines is 1. The number of nitrogens with zero attached hydrogens (tertiary/aromatic N) is 2. The van der Waals surface area contributed by atoms with Crippen LogP contribution < -0.4 is 5.56 Å². The van der Waals surface area contributed by atoms with Crippen molar-refractivity contribution in [2.24, 2.45) is 0 Å². The number of H-pyrrole nitrogens is 1. The maximum absolute atomic E-state index is 11.1. The average molecular weight is 185 g/mol. The van der Waals surface area contributed by atoms with Gasteiger partial charge < -0.3 is 0 Å². The molecule has 0 amide bonds. The quantitative estimate of drug-likeness (QED) is 0.571. The summed E-state index contributed by atoms with van der Waals surface area (Å²) in [7, 11) is 0. The Bertz CT molecular complexity index is 665. The summed E-state index contributed by atoms with van der Waals surface area (Å²) >= 11 is 0. The molecule has 0 aliphatic carbocycles. The molecule has 0 aliphatic heterocycles. The third-order valence-corrected chi connectivity index (χ3v) is 2.25. The van der Waals surface area contributed by atoms with Crippen molar-refractivity contribution in [3.63, 3.8) is 0 Å². The lowest BCUT2D eigenvalue weighted by Gasteiger charge is -1.98. The van der Waals surface area contributed by atoms with E-state index in [0.29, 0.717) is 0 Å². The van der Waals surface area contributed by atoms with Crippen LogP contribution in [0.2, 0.25) is 0 Å². The molecule has 0 atom stereocenters. The van der Waals surface area contributed by atoms with E-state index in [1.54, 1.807) is 16.9 Å². The fourth-order valence-electron chi connectivity index (χ4n) is 1.63. The number of fused-ring (bicyclic) bond motifs is 3. The first-order valence-corrected chi connectivity index (χ1v) is 4.30. The first kappa shape index (κ1) is 7.32. The minimum absolute atomic E-state index is 0.108.